The number of benzene rings is 2. The standard InChI is InChI=1S/C23H26N4O4S/c1-16(2)17-6-8-18(9-7-17)23-24-21(31-25-23)15-26(3)32(29,30)20-12-10-19(11-13-20)27-14-4-5-22(27)28/h6-13,16H,4-5,14-15H2,1-3H3. The molecule has 9 heteroatoms. The van der Waals surface area contributed by atoms with Gasteiger partial charge in [-0.1, -0.05) is 43.3 Å². The summed E-state index contributed by atoms with van der Waals surface area (Å²) in [4.78, 5) is 18.1. The number of hydrogen-bond donors (Lipinski definition) is 0. The van der Waals surface area contributed by atoms with E-state index in [0.29, 0.717) is 30.4 Å². The predicted molar refractivity (Wildman–Crippen MR) is 121 cm³/mol. The Hall–Kier alpha value is -3.04. The highest BCUT2D eigenvalue weighted by Gasteiger charge is 2.25. The summed E-state index contributed by atoms with van der Waals surface area (Å²) in [7, 11) is -2.29. The fourth-order valence-corrected chi connectivity index (χ4v) is 4.75. The number of carbonyl (C=O) groups excluding carboxylic acids is 1. The topological polar surface area (TPSA) is 96.6 Å². The first-order valence-corrected chi connectivity index (χ1v) is 12.0. The monoisotopic (exact) mass is 454 g/mol. The third-order valence-corrected chi connectivity index (χ3v) is 7.41. The van der Waals surface area contributed by atoms with Crippen LogP contribution in [-0.2, 0) is 21.4 Å². The Labute approximate surface area is 187 Å². The lowest BCUT2D eigenvalue weighted by molar-refractivity contribution is -0.117. The Morgan fingerprint density at radius 3 is 2.38 bits per heavy atom. The normalized spacial score (nSPS) is 14.7. The van der Waals surface area contributed by atoms with E-state index in [0.717, 1.165) is 12.0 Å². The number of hydrogen-bond acceptors (Lipinski definition) is 6. The minimum atomic E-state index is -3.76. The molecule has 2 aromatic carbocycles. The molecular weight excluding hydrogens is 428 g/mol. The van der Waals surface area contributed by atoms with Crippen molar-refractivity contribution in [3.8, 4) is 11.4 Å². The van der Waals surface area contributed by atoms with Crippen molar-refractivity contribution in [2.75, 3.05) is 18.5 Å². The molecule has 0 bridgehead atoms. The lowest BCUT2D eigenvalue weighted by atomic mass is 10.0. The van der Waals surface area contributed by atoms with Gasteiger partial charge >= 0.3 is 0 Å². The molecular formula is C23H26N4O4S. The van der Waals surface area contributed by atoms with E-state index < -0.39 is 10.0 Å². The van der Waals surface area contributed by atoms with Crippen LogP contribution in [-0.4, -0.2) is 42.4 Å². The summed E-state index contributed by atoms with van der Waals surface area (Å²) in [6.07, 6.45) is 1.34. The zero-order valence-corrected chi connectivity index (χ0v) is 19.2. The maximum absolute atomic E-state index is 13.0. The molecule has 0 N–H and O–H groups in total. The molecule has 1 aromatic heterocycles. The number of rotatable bonds is 7. The molecule has 0 atom stereocenters. The molecule has 0 radical (unpaired) electrons. The van der Waals surface area contributed by atoms with E-state index >= 15 is 0 Å². The number of carbonyl (C=O) groups is 1. The molecule has 3 aromatic rings. The molecule has 1 aliphatic heterocycles. The quantitative estimate of drug-likeness (QED) is 0.539. The van der Waals surface area contributed by atoms with Gasteiger partial charge in [-0.05, 0) is 42.2 Å². The van der Waals surface area contributed by atoms with Crippen molar-refractivity contribution < 1.29 is 17.7 Å². The molecule has 168 valence electrons. The number of sulfonamides is 1. The number of nitrogens with zero attached hydrogens (tertiary/aromatic N) is 4. The van der Waals surface area contributed by atoms with Crippen molar-refractivity contribution in [2.24, 2.45) is 0 Å². The zero-order chi connectivity index (χ0) is 22.9. The lowest BCUT2D eigenvalue weighted by Gasteiger charge is -2.18. The van der Waals surface area contributed by atoms with Gasteiger partial charge in [0, 0.05) is 31.3 Å². The van der Waals surface area contributed by atoms with Gasteiger partial charge in [-0.15, -0.1) is 0 Å². The molecule has 0 aliphatic carbocycles. The van der Waals surface area contributed by atoms with Gasteiger partial charge in [0.25, 0.3) is 0 Å². The fraction of sp³-hybridized carbons (Fsp3) is 0.348. The Morgan fingerprint density at radius 1 is 1.09 bits per heavy atom. The van der Waals surface area contributed by atoms with Crippen LogP contribution in [0.5, 0.6) is 0 Å². The Balaban J connectivity index is 1.46. The second-order valence-corrected chi connectivity index (χ2v) is 10.2. The molecule has 8 nitrogen and oxygen atoms in total. The van der Waals surface area contributed by atoms with Gasteiger partial charge in [0.2, 0.25) is 27.6 Å². The molecule has 1 amide bonds. The van der Waals surface area contributed by atoms with Gasteiger partial charge in [-0.2, -0.15) is 9.29 Å². The minimum absolute atomic E-state index is 0.0498. The molecule has 32 heavy (non-hydrogen) atoms. The Kier molecular flexibility index (Phi) is 6.12. The second-order valence-electron chi connectivity index (χ2n) is 8.19. The van der Waals surface area contributed by atoms with E-state index in [-0.39, 0.29) is 23.2 Å². The highest BCUT2D eigenvalue weighted by atomic mass is 32.2. The van der Waals surface area contributed by atoms with Crippen molar-refractivity contribution in [1.82, 2.24) is 14.4 Å². The van der Waals surface area contributed by atoms with Crippen molar-refractivity contribution in [3.05, 3.63) is 60.0 Å². The summed E-state index contributed by atoms with van der Waals surface area (Å²) in [6.45, 7) is 4.85. The number of aromatic nitrogens is 2. The Bertz CT molecular complexity index is 1200. The van der Waals surface area contributed by atoms with Crippen LogP contribution in [0.15, 0.2) is 57.9 Å². The van der Waals surface area contributed by atoms with Gasteiger partial charge < -0.3 is 9.42 Å². The average molecular weight is 455 g/mol. The zero-order valence-electron chi connectivity index (χ0n) is 18.4. The first kappa shape index (κ1) is 22.2. The van der Waals surface area contributed by atoms with Crippen LogP contribution in [0.4, 0.5) is 5.69 Å². The summed E-state index contributed by atoms with van der Waals surface area (Å²) in [5, 5.41) is 3.99. The van der Waals surface area contributed by atoms with Crippen LogP contribution in [0.2, 0.25) is 0 Å². The largest absolute Gasteiger partial charge is 0.338 e. The molecule has 1 saturated heterocycles. The summed E-state index contributed by atoms with van der Waals surface area (Å²) in [6, 6.07) is 14.3. The van der Waals surface area contributed by atoms with Crippen LogP contribution in [0.3, 0.4) is 0 Å². The van der Waals surface area contributed by atoms with Crippen LogP contribution >= 0.6 is 0 Å². The summed E-state index contributed by atoms with van der Waals surface area (Å²) < 4.78 is 32.4. The van der Waals surface area contributed by atoms with Crippen LogP contribution in [0.25, 0.3) is 11.4 Å². The van der Waals surface area contributed by atoms with E-state index in [4.69, 9.17) is 4.52 Å². The van der Waals surface area contributed by atoms with E-state index in [2.05, 4.69) is 24.0 Å². The predicted octanol–water partition coefficient (Wildman–Crippen LogP) is 3.81. The number of anilines is 1. The maximum atomic E-state index is 13.0. The third-order valence-electron chi connectivity index (χ3n) is 5.59. The van der Waals surface area contributed by atoms with Crippen molar-refractivity contribution in [1.29, 1.82) is 0 Å². The molecule has 2 heterocycles. The molecule has 0 unspecified atom stereocenters. The van der Waals surface area contributed by atoms with E-state index in [9.17, 15) is 13.2 Å². The van der Waals surface area contributed by atoms with E-state index in [1.54, 1.807) is 17.0 Å². The van der Waals surface area contributed by atoms with Crippen LogP contribution < -0.4 is 4.90 Å². The van der Waals surface area contributed by atoms with Gasteiger partial charge in [-0.25, -0.2) is 8.42 Å². The van der Waals surface area contributed by atoms with Gasteiger partial charge in [0.15, 0.2) is 0 Å². The average Bonchev–Trinajstić information content (AvgIpc) is 3.43. The second kappa shape index (κ2) is 8.84. The van der Waals surface area contributed by atoms with Crippen LogP contribution in [0.1, 0.15) is 44.1 Å². The minimum Gasteiger partial charge on any atom is -0.338 e. The van der Waals surface area contributed by atoms with Crippen molar-refractivity contribution in [3.63, 3.8) is 0 Å². The van der Waals surface area contributed by atoms with Gasteiger partial charge in [-0.3, -0.25) is 4.79 Å². The molecule has 0 saturated carbocycles. The molecule has 0 spiro atoms. The SMILES string of the molecule is CC(C)c1ccc(-c2noc(CN(C)S(=O)(=O)c3ccc(N4CCCC4=O)cc3)n2)cc1. The first-order chi connectivity index (χ1) is 15.3. The molecule has 4 rings (SSSR count). The first-order valence-electron chi connectivity index (χ1n) is 10.6. The molecule has 1 aliphatic rings. The fourth-order valence-electron chi connectivity index (χ4n) is 3.63. The summed E-state index contributed by atoms with van der Waals surface area (Å²) in [5.74, 6) is 1.11. The van der Waals surface area contributed by atoms with Crippen LogP contribution in [0, 0.1) is 0 Å². The van der Waals surface area contributed by atoms with E-state index in [1.807, 2.05) is 24.3 Å². The number of amides is 1. The Morgan fingerprint density at radius 2 is 1.78 bits per heavy atom. The van der Waals surface area contributed by atoms with E-state index in [1.165, 1.54) is 29.0 Å². The highest BCUT2D eigenvalue weighted by Crippen LogP contribution is 2.25. The van der Waals surface area contributed by atoms with Gasteiger partial charge in [0.05, 0.1) is 11.4 Å². The summed E-state index contributed by atoms with van der Waals surface area (Å²) in [5.41, 5.74) is 2.73. The van der Waals surface area contributed by atoms with Crippen molar-refractivity contribution >= 4 is 21.6 Å². The van der Waals surface area contributed by atoms with Gasteiger partial charge in [0.1, 0.15) is 0 Å². The lowest BCUT2D eigenvalue weighted by Crippen LogP contribution is -2.27. The third kappa shape index (κ3) is 4.44. The summed E-state index contributed by atoms with van der Waals surface area (Å²) >= 11 is 0. The maximum Gasteiger partial charge on any atom is 0.243 e. The molecule has 1 fully saturated rings. The smallest absolute Gasteiger partial charge is 0.243 e. The van der Waals surface area contributed by atoms with Crippen molar-refractivity contribution in [2.45, 2.75) is 44.0 Å². The highest BCUT2D eigenvalue weighted by molar-refractivity contribution is 7.89.